The van der Waals surface area contributed by atoms with Crippen LogP contribution < -0.4 is 10.6 Å². The second kappa shape index (κ2) is 6.29. The molecule has 2 rings (SSSR count). The molecule has 1 aromatic carbocycles. The molecule has 0 aliphatic heterocycles. The van der Waals surface area contributed by atoms with E-state index in [9.17, 15) is 9.59 Å². The number of nitrogens with zero attached hydrogens (tertiary/aromatic N) is 1. The fourth-order valence-corrected chi connectivity index (χ4v) is 2.30. The molecule has 0 bridgehead atoms. The number of rotatable bonds is 4. The van der Waals surface area contributed by atoms with Crippen LogP contribution in [-0.4, -0.2) is 16.8 Å². The van der Waals surface area contributed by atoms with Crippen LogP contribution in [0.25, 0.3) is 0 Å². The zero-order valence-electron chi connectivity index (χ0n) is 11.2. The van der Waals surface area contributed by atoms with Crippen molar-refractivity contribution >= 4 is 28.8 Å². The molecule has 104 valence electrons. The van der Waals surface area contributed by atoms with E-state index < -0.39 is 0 Å². The van der Waals surface area contributed by atoms with Crippen molar-refractivity contribution in [3.8, 4) is 0 Å². The number of hydrogen-bond acceptors (Lipinski definition) is 4. The zero-order valence-corrected chi connectivity index (χ0v) is 12.0. The van der Waals surface area contributed by atoms with Crippen LogP contribution in [0.4, 0.5) is 5.69 Å². The molecule has 2 aromatic rings. The molecule has 1 atom stereocenters. The quantitative estimate of drug-likeness (QED) is 0.908. The summed E-state index contributed by atoms with van der Waals surface area (Å²) in [5.74, 6) is -0.329. The molecule has 1 heterocycles. The van der Waals surface area contributed by atoms with Gasteiger partial charge in [-0.25, -0.2) is 4.98 Å². The van der Waals surface area contributed by atoms with E-state index >= 15 is 0 Å². The van der Waals surface area contributed by atoms with E-state index in [4.69, 9.17) is 0 Å². The molecule has 0 fully saturated rings. The number of carbonyl (C=O) groups excluding carboxylic acids is 2. The molecule has 0 radical (unpaired) electrons. The Morgan fingerprint density at radius 2 is 2.15 bits per heavy atom. The highest BCUT2D eigenvalue weighted by Crippen LogP contribution is 2.18. The molecule has 5 nitrogen and oxygen atoms in total. The summed E-state index contributed by atoms with van der Waals surface area (Å²) in [6.45, 7) is 3.34. The van der Waals surface area contributed by atoms with Gasteiger partial charge >= 0.3 is 0 Å². The molecule has 0 saturated carbocycles. The van der Waals surface area contributed by atoms with E-state index in [1.54, 1.807) is 17.0 Å². The number of anilines is 1. The van der Waals surface area contributed by atoms with E-state index in [0.29, 0.717) is 11.4 Å². The molecule has 1 aromatic heterocycles. The number of benzene rings is 1. The molecule has 2 amide bonds. The fraction of sp³-hybridized carbons (Fsp3) is 0.214. The first-order valence-corrected chi connectivity index (χ1v) is 7.07. The summed E-state index contributed by atoms with van der Waals surface area (Å²) < 4.78 is 0. The first-order valence-electron chi connectivity index (χ1n) is 6.13. The predicted octanol–water partition coefficient (Wildman–Crippen LogP) is 2.59. The van der Waals surface area contributed by atoms with Crippen molar-refractivity contribution in [1.29, 1.82) is 0 Å². The van der Waals surface area contributed by atoms with Crippen LogP contribution in [0.1, 0.15) is 35.9 Å². The lowest BCUT2D eigenvalue weighted by Gasteiger charge is -2.14. The maximum Gasteiger partial charge on any atom is 0.271 e. The van der Waals surface area contributed by atoms with Gasteiger partial charge in [0.15, 0.2) is 0 Å². The lowest BCUT2D eigenvalue weighted by Crippen LogP contribution is -2.26. The Kier molecular flexibility index (Phi) is 4.47. The van der Waals surface area contributed by atoms with Gasteiger partial charge in [0.25, 0.3) is 5.91 Å². The fourth-order valence-electron chi connectivity index (χ4n) is 1.77. The second-order valence-electron chi connectivity index (χ2n) is 4.38. The highest BCUT2D eigenvalue weighted by atomic mass is 32.1. The smallest absolute Gasteiger partial charge is 0.271 e. The van der Waals surface area contributed by atoms with Gasteiger partial charge in [0.2, 0.25) is 5.91 Å². The van der Waals surface area contributed by atoms with Crippen LogP contribution in [0.15, 0.2) is 35.2 Å². The van der Waals surface area contributed by atoms with Crippen LogP contribution in [-0.2, 0) is 4.79 Å². The molecule has 0 saturated heterocycles. The van der Waals surface area contributed by atoms with Crippen LogP contribution >= 0.6 is 11.3 Å². The molecule has 0 aliphatic rings. The summed E-state index contributed by atoms with van der Waals surface area (Å²) >= 11 is 1.38. The van der Waals surface area contributed by atoms with Crippen LogP contribution in [0.3, 0.4) is 0 Å². The number of carbonyl (C=O) groups is 2. The average Bonchev–Trinajstić information content (AvgIpc) is 2.92. The third kappa shape index (κ3) is 3.64. The van der Waals surface area contributed by atoms with Gasteiger partial charge in [0, 0.05) is 18.0 Å². The normalized spacial score (nSPS) is 11.7. The van der Waals surface area contributed by atoms with Gasteiger partial charge in [0.1, 0.15) is 5.69 Å². The Morgan fingerprint density at radius 1 is 1.35 bits per heavy atom. The zero-order chi connectivity index (χ0) is 14.5. The predicted molar refractivity (Wildman–Crippen MR) is 78.7 cm³/mol. The van der Waals surface area contributed by atoms with Crippen molar-refractivity contribution in [2.24, 2.45) is 0 Å². The minimum atomic E-state index is -0.205. The van der Waals surface area contributed by atoms with Crippen molar-refractivity contribution in [2.75, 3.05) is 5.32 Å². The summed E-state index contributed by atoms with van der Waals surface area (Å²) in [7, 11) is 0. The number of aromatic nitrogens is 1. The molecular formula is C14H15N3O2S. The van der Waals surface area contributed by atoms with Gasteiger partial charge in [-0.3, -0.25) is 9.59 Å². The third-order valence-electron chi connectivity index (χ3n) is 2.72. The second-order valence-corrected chi connectivity index (χ2v) is 5.09. The number of thiazole rings is 1. The molecule has 1 unspecified atom stereocenters. The lowest BCUT2D eigenvalue weighted by atomic mass is 10.1. The third-order valence-corrected chi connectivity index (χ3v) is 3.31. The van der Waals surface area contributed by atoms with Crippen molar-refractivity contribution in [3.63, 3.8) is 0 Å². The summed E-state index contributed by atoms with van der Waals surface area (Å²) in [6, 6.07) is 7.22. The minimum absolute atomic E-state index is 0.124. The largest absolute Gasteiger partial charge is 0.344 e. The maximum absolute atomic E-state index is 11.9. The van der Waals surface area contributed by atoms with Crippen molar-refractivity contribution in [1.82, 2.24) is 10.3 Å². The standard InChI is InChI=1S/C14H15N3O2S/c1-9(16-14(19)13-7-20-8-15-13)11-4-3-5-12(6-11)17-10(2)18/h3-9H,1-2H3,(H,16,19)(H,17,18). The minimum Gasteiger partial charge on any atom is -0.344 e. The van der Waals surface area contributed by atoms with Crippen molar-refractivity contribution < 1.29 is 9.59 Å². The van der Waals surface area contributed by atoms with Crippen molar-refractivity contribution in [3.05, 3.63) is 46.4 Å². The number of hydrogen-bond donors (Lipinski definition) is 2. The van der Waals surface area contributed by atoms with Gasteiger partial charge in [0.05, 0.1) is 11.6 Å². The summed E-state index contributed by atoms with van der Waals surface area (Å²) in [4.78, 5) is 26.9. The van der Waals surface area contributed by atoms with Gasteiger partial charge in [-0.15, -0.1) is 11.3 Å². The van der Waals surface area contributed by atoms with Crippen LogP contribution in [0.2, 0.25) is 0 Å². The summed E-state index contributed by atoms with van der Waals surface area (Å²) in [6.07, 6.45) is 0. The Balaban J connectivity index is 2.07. The van der Waals surface area contributed by atoms with E-state index in [1.165, 1.54) is 18.3 Å². The molecular weight excluding hydrogens is 274 g/mol. The van der Waals surface area contributed by atoms with E-state index in [1.807, 2.05) is 25.1 Å². The van der Waals surface area contributed by atoms with Crippen molar-refractivity contribution in [2.45, 2.75) is 19.9 Å². The summed E-state index contributed by atoms with van der Waals surface area (Å²) in [5, 5.41) is 7.29. The molecule has 20 heavy (non-hydrogen) atoms. The molecule has 2 N–H and O–H groups in total. The van der Waals surface area contributed by atoms with E-state index in [-0.39, 0.29) is 17.9 Å². The highest BCUT2D eigenvalue weighted by molar-refractivity contribution is 7.07. The Hall–Kier alpha value is -2.21. The summed E-state index contributed by atoms with van der Waals surface area (Å²) in [5.41, 5.74) is 3.67. The van der Waals surface area contributed by atoms with E-state index in [2.05, 4.69) is 15.6 Å². The first-order chi connectivity index (χ1) is 9.56. The Labute approximate surface area is 121 Å². The average molecular weight is 289 g/mol. The topological polar surface area (TPSA) is 71.1 Å². The van der Waals surface area contributed by atoms with E-state index in [0.717, 1.165) is 5.56 Å². The Bertz CT molecular complexity index is 611. The van der Waals surface area contributed by atoms with Gasteiger partial charge < -0.3 is 10.6 Å². The number of nitrogens with one attached hydrogen (secondary N) is 2. The van der Waals surface area contributed by atoms with Gasteiger partial charge in [-0.2, -0.15) is 0 Å². The molecule has 0 spiro atoms. The first kappa shape index (κ1) is 14.2. The molecule has 6 heteroatoms. The highest BCUT2D eigenvalue weighted by Gasteiger charge is 2.13. The Morgan fingerprint density at radius 3 is 2.80 bits per heavy atom. The monoisotopic (exact) mass is 289 g/mol. The molecule has 0 aliphatic carbocycles. The number of amides is 2. The lowest BCUT2D eigenvalue weighted by molar-refractivity contribution is -0.114. The van der Waals surface area contributed by atoms with Gasteiger partial charge in [-0.1, -0.05) is 12.1 Å². The van der Waals surface area contributed by atoms with Crippen LogP contribution in [0.5, 0.6) is 0 Å². The maximum atomic E-state index is 11.9. The SMILES string of the molecule is CC(=O)Nc1cccc(C(C)NC(=O)c2cscn2)c1. The van der Waals surface area contributed by atoms with Gasteiger partial charge in [-0.05, 0) is 24.6 Å². The van der Waals surface area contributed by atoms with Crippen LogP contribution in [0, 0.1) is 0 Å².